The molecule has 1 heterocycles. The third kappa shape index (κ3) is 3.26. The molecule has 6 heteroatoms. The summed E-state index contributed by atoms with van der Waals surface area (Å²) < 4.78 is 0. The van der Waals surface area contributed by atoms with Crippen LogP contribution in [-0.2, 0) is 4.79 Å². The summed E-state index contributed by atoms with van der Waals surface area (Å²) in [5.74, 6) is 0.692. The number of anilines is 1. The summed E-state index contributed by atoms with van der Waals surface area (Å²) in [5, 5.41) is 19.3. The van der Waals surface area contributed by atoms with Gasteiger partial charge in [0.15, 0.2) is 0 Å². The topological polar surface area (TPSA) is 90.9 Å². The van der Waals surface area contributed by atoms with Gasteiger partial charge in [-0.1, -0.05) is 19.3 Å². The smallest absolute Gasteiger partial charge is 0.248 e. The Hall–Kier alpha value is -1.43. The van der Waals surface area contributed by atoms with Crippen LogP contribution in [0.1, 0.15) is 44.3 Å². The maximum absolute atomic E-state index is 11.7. The van der Waals surface area contributed by atoms with Crippen LogP contribution in [0.4, 0.5) is 5.95 Å². The first kappa shape index (κ1) is 12.0. The molecule has 0 aromatic carbocycles. The molecule has 1 aliphatic carbocycles. The Morgan fingerprint density at radius 1 is 1.47 bits per heavy atom. The van der Waals surface area contributed by atoms with E-state index in [0.29, 0.717) is 18.7 Å². The standard InChI is InChI=1S/C11H18N4O2/c1-8-12-10(15-14-8)13-9(16)7-11(17)5-3-2-4-6-11/h17H,2-7H2,1H3,(H2,12,13,14,15,16). The predicted molar refractivity (Wildman–Crippen MR) is 62.4 cm³/mol. The zero-order valence-electron chi connectivity index (χ0n) is 9.99. The Morgan fingerprint density at radius 2 is 2.18 bits per heavy atom. The molecule has 1 saturated carbocycles. The lowest BCUT2D eigenvalue weighted by Gasteiger charge is -2.31. The first-order chi connectivity index (χ1) is 8.07. The lowest BCUT2D eigenvalue weighted by Crippen LogP contribution is -2.36. The van der Waals surface area contributed by atoms with E-state index in [-0.39, 0.29) is 18.3 Å². The number of hydrogen-bond donors (Lipinski definition) is 3. The molecule has 3 N–H and O–H groups in total. The summed E-state index contributed by atoms with van der Waals surface area (Å²) in [6.45, 7) is 1.76. The van der Waals surface area contributed by atoms with Gasteiger partial charge in [-0.3, -0.25) is 15.2 Å². The van der Waals surface area contributed by atoms with Gasteiger partial charge in [-0.15, -0.1) is 5.10 Å². The van der Waals surface area contributed by atoms with E-state index in [0.717, 1.165) is 19.3 Å². The molecule has 0 aliphatic heterocycles. The maximum Gasteiger partial charge on any atom is 0.248 e. The Labute approximate surface area is 99.8 Å². The van der Waals surface area contributed by atoms with Gasteiger partial charge in [-0.25, -0.2) is 0 Å². The first-order valence-electron chi connectivity index (χ1n) is 5.99. The molecule has 1 aromatic heterocycles. The van der Waals surface area contributed by atoms with Crippen molar-refractivity contribution in [2.75, 3.05) is 5.32 Å². The molecule has 0 unspecified atom stereocenters. The fourth-order valence-electron chi connectivity index (χ4n) is 2.25. The minimum Gasteiger partial charge on any atom is -0.389 e. The monoisotopic (exact) mass is 238 g/mol. The van der Waals surface area contributed by atoms with E-state index in [1.807, 2.05) is 0 Å². The number of H-pyrrole nitrogens is 1. The molecular weight excluding hydrogens is 220 g/mol. The van der Waals surface area contributed by atoms with Crippen molar-refractivity contribution in [1.82, 2.24) is 15.2 Å². The summed E-state index contributed by atoms with van der Waals surface area (Å²) in [6, 6.07) is 0. The van der Waals surface area contributed by atoms with Crippen LogP contribution in [0.5, 0.6) is 0 Å². The number of nitrogens with zero attached hydrogens (tertiary/aromatic N) is 2. The van der Waals surface area contributed by atoms with Gasteiger partial charge in [-0.05, 0) is 19.8 Å². The average Bonchev–Trinajstić information content (AvgIpc) is 2.63. The minimum atomic E-state index is -0.840. The third-order valence-corrected chi connectivity index (χ3v) is 3.12. The second-order valence-corrected chi connectivity index (χ2v) is 4.75. The number of rotatable bonds is 3. The molecular formula is C11H18N4O2. The molecule has 2 rings (SSSR count). The Morgan fingerprint density at radius 3 is 2.76 bits per heavy atom. The molecule has 94 valence electrons. The number of aromatic amines is 1. The number of amides is 1. The number of hydrogen-bond acceptors (Lipinski definition) is 4. The molecule has 1 amide bonds. The van der Waals surface area contributed by atoms with Crippen LogP contribution in [0, 0.1) is 6.92 Å². The van der Waals surface area contributed by atoms with Crippen LogP contribution in [0.3, 0.4) is 0 Å². The maximum atomic E-state index is 11.7. The number of carbonyl (C=O) groups is 1. The molecule has 0 radical (unpaired) electrons. The highest BCUT2D eigenvalue weighted by Gasteiger charge is 2.31. The van der Waals surface area contributed by atoms with Crippen LogP contribution in [-0.4, -0.2) is 31.8 Å². The van der Waals surface area contributed by atoms with Crippen molar-refractivity contribution >= 4 is 11.9 Å². The highest BCUT2D eigenvalue weighted by molar-refractivity contribution is 5.89. The largest absolute Gasteiger partial charge is 0.389 e. The van der Waals surface area contributed by atoms with E-state index < -0.39 is 5.60 Å². The summed E-state index contributed by atoms with van der Waals surface area (Å²) in [6.07, 6.45) is 4.65. The zero-order valence-corrected chi connectivity index (χ0v) is 9.99. The molecule has 6 nitrogen and oxygen atoms in total. The molecule has 0 atom stereocenters. The Bertz CT molecular complexity index is 396. The predicted octanol–water partition coefficient (Wildman–Crippen LogP) is 1.14. The van der Waals surface area contributed by atoms with Crippen molar-refractivity contribution < 1.29 is 9.90 Å². The van der Waals surface area contributed by atoms with Crippen LogP contribution >= 0.6 is 0 Å². The van der Waals surface area contributed by atoms with Gasteiger partial charge in [0, 0.05) is 0 Å². The number of nitrogens with one attached hydrogen (secondary N) is 2. The van der Waals surface area contributed by atoms with E-state index in [1.165, 1.54) is 0 Å². The second-order valence-electron chi connectivity index (χ2n) is 4.75. The molecule has 1 fully saturated rings. The van der Waals surface area contributed by atoms with Gasteiger partial charge in [0.05, 0.1) is 12.0 Å². The van der Waals surface area contributed by atoms with Crippen molar-refractivity contribution in [2.24, 2.45) is 0 Å². The van der Waals surface area contributed by atoms with Crippen molar-refractivity contribution in [2.45, 2.75) is 51.0 Å². The third-order valence-electron chi connectivity index (χ3n) is 3.12. The molecule has 0 bridgehead atoms. The minimum absolute atomic E-state index is 0.126. The highest BCUT2D eigenvalue weighted by atomic mass is 16.3. The molecule has 1 aromatic rings. The van der Waals surface area contributed by atoms with E-state index in [9.17, 15) is 9.90 Å². The zero-order chi connectivity index (χ0) is 12.3. The SMILES string of the molecule is Cc1nc(NC(=O)CC2(O)CCCCC2)n[nH]1. The van der Waals surface area contributed by atoms with E-state index in [1.54, 1.807) is 6.92 Å². The number of aromatic nitrogens is 3. The Balaban J connectivity index is 1.88. The van der Waals surface area contributed by atoms with E-state index >= 15 is 0 Å². The molecule has 0 spiro atoms. The van der Waals surface area contributed by atoms with Gasteiger partial charge in [0.25, 0.3) is 0 Å². The van der Waals surface area contributed by atoms with E-state index in [4.69, 9.17) is 0 Å². The highest BCUT2D eigenvalue weighted by Crippen LogP contribution is 2.30. The fraction of sp³-hybridized carbons (Fsp3) is 0.727. The Kier molecular flexibility index (Phi) is 3.42. The summed E-state index contributed by atoms with van der Waals surface area (Å²) in [4.78, 5) is 15.7. The van der Waals surface area contributed by atoms with Gasteiger partial charge in [0.1, 0.15) is 5.82 Å². The van der Waals surface area contributed by atoms with Gasteiger partial charge < -0.3 is 5.11 Å². The number of aryl methyl sites for hydroxylation is 1. The van der Waals surface area contributed by atoms with Crippen molar-refractivity contribution in [1.29, 1.82) is 0 Å². The average molecular weight is 238 g/mol. The van der Waals surface area contributed by atoms with Crippen molar-refractivity contribution in [3.05, 3.63) is 5.82 Å². The second kappa shape index (κ2) is 4.83. The lowest BCUT2D eigenvalue weighted by atomic mass is 9.82. The first-order valence-corrected chi connectivity index (χ1v) is 5.99. The molecule has 0 saturated heterocycles. The van der Waals surface area contributed by atoms with Crippen molar-refractivity contribution in [3.63, 3.8) is 0 Å². The quantitative estimate of drug-likeness (QED) is 0.736. The summed E-state index contributed by atoms with van der Waals surface area (Å²) >= 11 is 0. The summed E-state index contributed by atoms with van der Waals surface area (Å²) in [5.41, 5.74) is -0.840. The van der Waals surface area contributed by atoms with Gasteiger partial charge in [0.2, 0.25) is 11.9 Å². The normalized spacial score (nSPS) is 18.9. The molecule has 1 aliphatic rings. The van der Waals surface area contributed by atoms with Crippen molar-refractivity contribution in [3.8, 4) is 0 Å². The van der Waals surface area contributed by atoms with Crippen LogP contribution in [0.15, 0.2) is 0 Å². The van der Waals surface area contributed by atoms with Crippen LogP contribution in [0.25, 0.3) is 0 Å². The van der Waals surface area contributed by atoms with Crippen LogP contribution in [0.2, 0.25) is 0 Å². The molecule has 17 heavy (non-hydrogen) atoms. The summed E-state index contributed by atoms with van der Waals surface area (Å²) in [7, 11) is 0. The number of aliphatic hydroxyl groups is 1. The number of carbonyl (C=O) groups excluding carboxylic acids is 1. The fourth-order valence-corrected chi connectivity index (χ4v) is 2.25. The lowest BCUT2D eigenvalue weighted by molar-refractivity contribution is -0.122. The van der Waals surface area contributed by atoms with E-state index in [2.05, 4.69) is 20.5 Å². The van der Waals surface area contributed by atoms with Gasteiger partial charge in [-0.2, -0.15) is 4.98 Å². The van der Waals surface area contributed by atoms with Crippen LogP contribution < -0.4 is 5.32 Å². The van der Waals surface area contributed by atoms with Gasteiger partial charge >= 0.3 is 0 Å².